The molecule has 0 fully saturated rings. The van der Waals surface area contributed by atoms with Crippen LogP contribution in [0, 0.1) is 0 Å². The standard InChI is InChI=1S/C17H17NO3/c1-3-11-21-14-8-6-7-13(12-14)18-17(19)15-9-4-5-10-16(15)20-2/h3-10,12H,1,11H2,2H3,(H,18,19). The van der Waals surface area contributed by atoms with Crippen LogP contribution in [0.25, 0.3) is 0 Å². The van der Waals surface area contributed by atoms with Gasteiger partial charge in [0.15, 0.2) is 0 Å². The van der Waals surface area contributed by atoms with E-state index in [1.54, 1.807) is 36.4 Å². The zero-order valence-electron chi connectivity index (χ0n) is 11.8. The Kier molecular flexibility index (Phi) is 4.99. The van der Waals surface area contributed by atoms with Crippen LogP contribution in [0.4, 0.5) is 5.69 Å². The largest absolute Gasteiger partial charge is 0.496 e. The molecule has 0 saturated carbocycles. The number of hydrogen-bond acceptors (Lipinski definition) is 3. The molecule has 0 radical (unpaired) electrons. The fraction of sp³-hybridized carbons (Fsp3) is 0.118. The van der Waals surface area contributed by atoms with E-state index in [-0.39, 0.29) is 5.91 Å². The summed E-state index contributed by atoms with van der Waals surface area (Å²) in [6, 6.07) is 14.3. The topological polar surface area (TPSA) is 47.6 Å². The van der Waals surface area contributed by atoms with Crippen molar-refractivity contribution in [3.63, 3.8) is 0 Å². The monoisotopic (exact) mass is 283 g/mol. The van der Waals surface area contributed by atoms with Crippen LogP contribution in [0.2, 0.25) is 0 Å². The van der Waals surface area contributed by atoms with E-state index in [0.717, 1.165) is 0 Å². The summed E-state index contributed by atoms with van der Waals surface area (Å²) in [5.41, 5.74) is 1.14. The van der Waals surface area contributed by atoms with E-state index in [1.807, 2.05) is 18.2 Å². The normalized spacial score (nSPS) is 9.76. The summed E-state index contributed by atoms with van der Waals surface area (Å²) in [6.07, 6.45) is 1.67. The van der Waals surface area contributed by atoms with Crippen molar-refractivity contribution in [2.24, 2.45) is 0 Å². The molecule has 0 heterocycles. The molecule has 4 nitrogen and oxygen atoms in total. The Morgan fingerprint density at radius 2 is 2.05 bits per heavy atom. The number of methoxy groups -OCH3 is 1. The molecule has 0 aliphatic carbocycles. The van der Waals surface area contributed by atoms with Crippen LogP contribution in [0.1, 0.15) is 10.4 Å². The van der Waals surface area contributed by atoms with Gasteiger partial charge in [-0.15, -0.1) is 0 Å². The fourth-order valence-electron chi connectivity index (χ4n) is 1.85. The van der Waals surface area contributed by atoms with Gasteiger partial charge in [0.1, 0.15) is 18.1 Å². The highest BCUT2D eigenvalue weighted by Gasteiger charge is 2.11. The Morgan fingerprint density at radius 3 is 2.81 bits per heavy atom. The molecule has 0 unspecified atom stereocenters. The number of carbonyl (C=O) groups excluding carboxylic acids is 1. The average molecular weight is 283 g/mol. The van der Waals surface area contributed by atoms with Crippen LogP contribution in [0.3, 0.4) is 0 Å². The molecule has 108 valence electrons. The Balaban J connectivity index is 2.14. The minimum atomic E-state index is -0.228. The van der Waals surface area contributed by atoms with Gasteiger partial charge in [0, 0.05) is 11.8 Å². The Hall–Kier alpha value is -2.75. The molecule has 21 heavy (non-hydrogen) atoms. The summed E-state index contributed by atoms with van der Waals surface area (Å²) >= 11 is 0. The second-order valence-electron chi connectivity index (χ2n) is 4.28. The van der Waals surface area contributed by atoms with Crippen LogP contribution >= 0.6 is 0 Å². The van der Waals surface area contributed by atoms with Crippen LogP contribution in [0.15, 0.2) is 61.2 Å². The molecule has 0 spiro atoms. The van der Waals surface area contributed by atoms with Gasteiger partial charge in [-0.1, -0.05) is 30.9 Å². The Morgan fingerprint density at radius 1 is 1.24 bits per heavy atom. The number of benzene rings is 2. The lowest BCUT2D eigenvalue weighted by molar-refractivity contribution is 0.102. The fourth-order valence-corrected chi connectivity index (χ4v) is 1.85. The summed E-state index contributed by atoms with van der Waals surface area (Å²) < 4.78 is 10.6. The van der Waals surface area contributed by atoms with Gasteiger partial charge in [0.05, 0.1) is 12.7 Å². The first kappa shape index (κ1) is 14.7. The SMILES string of the molecule is C=CCOc1cccc(NC(=O)c2ccccc2OC)c1. The zero-order valence-corrected chi connectivity index (χ0v) is 11.8. The highest BCUT2D eigenvalue weighted by atomic mass is 16.5. The average Bonchev–Trinajstić information content (AvgIpc) is 2.53. The summed E-state index contributed by atoms with van der Waals surface area (Å²) in [4.78, 5) is 12.3. The number of amides is 1. The second-order valence-corrected chi connectivity index (χ2v) is 4.28. The molecule has 0 atom stereocenters. The van der Waals surface area contributed by atoms with Gasteiger partial charge in [-0.25, -0.2) is 0 Å². The number of para-hydroxylation sites is 1. The summed E-state index contributed by atoms with van der Waals surface area (Å²) in [7, 11) is 1.54. The molecule has 0 aromatic heterocycles. The van der Waals surface area contributed by atoms with Crippen molar-refractivity contribution >= 4 is 11.6 Å². The van der Waals surface area contributed by atoms with E-state index in [4.69, 9.17) is 9.47 Å². The second kappa shape index (κ2) is 7.14. The third-order valence-corrected chi connectivity index (χ3v) is 2.81. The smallest absolute Gasteiger partial charge is 0.259 e. The first-order valence-corrected chi connectivity index (χ1v) is 6.52. The molecular formula is C17H17NO3. The van der Waals surface area contributed by atoms with Gasteiger partial charge in [-0.05, 0) is 24.3 Å². The van der Waals surface area contributed by atoms with Crippen LogP contribution in [-0.4, -0.2) is 19.6 Å². The lowest BCUT2D eigenvalue weighted by atomic mass is 10.2. The van der Waals surface area contributed by atoms with Crippen molar-refractivity contribution in [2.75, 3.05) is 19.0 Å². The molecule has 0 bridgehead atoms. The quantitative estimate of drug-likeness (QED) is 0.825. The minimum absolute atomic E-state index is 0.228. The van der Waals surface area contributed by atoms with Gasteiger partial charge in [0.25, 0.3) is 5.91 Å². The summed E-state index contributed by atoms with van der Waals surface area (Å²) in [5.74, 6) is 0.982. The number of nitrogens with one attached hydrogen (secondary N) is 1. The number of hydrogen-bond donors (Lipinski definition) is 1. The Labute approximate surface area is 124 Å². The number of carbonyl (C=O) groups is 1. The van der Waals surface area contributed by atoms with Gasteiger partial charge in [-0.2, -0.15) is 0 Å². The number of anilines is 1. The predicted octanol–water partition coefficient (Wildman–Crippen LogP) is 3.51. The summed E-state index contributed by atoms with van der Waals surface area (Å²) in [5, 5.41) is 2.82. The van der Waals surface area contributed by atoms with Gasteiger partial charge in [-0.3, -0.25) is 4.79 Å². The molecule has 1 N–H and O–H groups in total. The zero-order chi connectivity index (χ0) is 15.1. The third-order valence-electron chi connectivity index (χ3n) is 2.81. The van der Waals surface area contributed by atoms with E-state index >= 15 is 0 Å². The maximum Gasteiger partial charge on any atom is 0.259 e. The molecule has 4 heteroatoms. The summed E-state index contributed by atoms with van der Waals surface area (Å²) in [6.45, 7) is 4.02. The van der Waals surface area contributed by atoms with E-state index in [1.165, 1.54) is 7.11 Å². The molecule has 0 saturated heterocycles. The molecule has 0 aliphatic heterocycles. The number of ether oxygens (including phenoxy) is 2. The Bertz CT molecular complexity index is 637. The van der Waals surface area contributed by atoms with Gasteiger partial charge >= 0.3 is 0 Å². The van der Waals surface area contributed by atoms with Gasteiger partial charge in [0.2, 0.25) is 0 Å². The lowest BCUT2D eigenvalue weighted by Crippen LogP contribution is -2.13. The van der Waals surface area contributed by atoms with E-state index in [0.29, 0.717) is 29.4 Å². The van der Waals surface area contributed by atoms with E-state index in [9.17, 15) is 4.79 Å². The van der Waals surface area contributed by atoms with E-state index in [2.05, 4.69) is 11.9 Å². The van der Waals surface area contributed by atoms with Crippen LogP contribution in [0.5, 0.6) is 11.5 Å². The lowest BCUT2D eigenvalue weighted by Gasteiger charge is -2.10. The number of rotatable bonds is 6. The molecular weight excluding hydrogens is 266 g/mol. The van der Waals surface area contributed by atoms with Gasteiger partial charge < -0.3 is 14.8 Å². The van der Waals surface area contributed by atoms with Crippen molar-refractivity contribution in [3.05, 3.63) is 66.7 Å². The minimum Gasteiger partial charge on any atom is -0.496 e. The maximum absolute atomic E-state index is 12.3. The first-order chi connectivity index (χ1) is 10.2. The van der Waals surface area contributed by atoms with Crippen LogP contribution < -0.4 is 14.8 Å². The highest BCUT2D eigenvalue weighted by Crippen LogP contribution is 2.21. The van der Waals surface area contributed by atoms with Crippen LogP contribution in [-0.2, 0) is 0 Å². The third kappa shape index (κ3) is 3.86. The molecule has 2 rings (SSSR count). The van der Waals surface area contributed by atoms with Crippen molar-refractivity contribution in [3.8, 4) is 11.5 Å². The molecule has 1 amide bonds. The molecule has 0 aliphatic rings. The predicted molar refractivity (Wildman–Crippen MR) is 83.1 cm³/mol. The van der Waals surface area contributed by atoms with E-state index < -0.39 is 0 Å². The molecule has 2 aromatic rings. The molecule has 2 aromatic carbocycles. The van der Waals surface area contributed by atoms with Crippen molar-refractivity contribution < 1.29 is 14.3 Å². The first-order valence-electron chi connectivity index (χ1n) is 6.52. The van der Waals surface area contributed by atoms with Crippen molar-refractivity contribution in [1.29, 1.82) is 0 Å². The van der Waals surface area contributed by atoms with Crippen molar-refractivity contribution in [1.82, 2.24) is 0 Å². The van der Waals surface area contributed by atoms with Crippen molar-refractivity contribution in [2.45, 2.75) is 0 Å². The highest BCUT2D eigenvalue weighted by molar-refractivity contribution is 6.06. The maximum atomic E-state index is 12.3.